The summed E-state index contributed by atoms with van der Waals surface area (Å²) in [6, 6.07) is 7.23. The third-order valence-electron chi connectivity index (χ3n) is 2.82. The summed E-state index contributed by atoms with van der Waals surface area (Å²) in [7, 11) is 0. The van der Waals surface area contributed by atoms with Gasteiger partial charge in [0.25, 0.3) is 0 Å². The minimum Gasteiger partial charge on any atom is -0.493 e. The third kappa shape index (κ3) is 5.72. The van der Waals surface area contributed by atoms with Crippen LogP contribution >= 0.6 is 0 Å². The largest absolute Gasteiger partial charge is 0.493 e. The fourth-order valence-electron chi connectivity index (χ4n) is 1.80. The van der Waals surface area contributed by atoms with Gasteiger partial charge in [0, 0.05) is 31.6 Å². The van der Waals surface area contributed by atoms with Crippen molar-refractivity contribution in [1.82, 2.24) is 0 Å². The summed E-state index contributed by atoms with van der Waals surface area (Å²) in [5.74, 6) is 0.897. The minimum absolute atomic E-state index is 0.143. The van der Waals surface area contributed by atoms with Crippen molar-refractivity contribution in [3.8, 4) is 5.75 Å². The second kappa shape index (κ2) is 9.50. The van der Waals surface area contributed by atoms with Crippen LogP contribution in [0.4, 0.5) is 0 Å². The van der Waals surface area contributed by atoms with Gasteiger partial charge in [-0.15, -0.1) is 0 Å². The van der Waals surface area contributed by atoms with Gasteiger partial charge in [-0.3, -0.25) is 4.79 Å². The lowest BCUT2D eigenvalue weighted by Gasteiger charge is -2.17. The van der Waals surface area contributed by atoms with Crippen LogP contribution in [-0.2, 0) is 9.47 Å². The number of hydrogen-bond acceptors (Lipinski definition) is 4. The molecular weight excluding hydrogens is 256 g/mol. The minimum atomic E-state index is -0.217. The van der Waals surface area contributed by atoms with Gasteiger partial charge >= 0.3 is 0 Å². The second-order valence-corrected chi connectivity index (χ2v) is 4.28. The lowest BCUT2D eigenvalue weighted by atomic mass is 10.1. The molecule has 0 atom stereocenters. The van der Waals surface area contributed by atoms with Crippen molar-refractivity contribution >= 4 is 5.78 Å². The molecule has 0 amide bonds. The van der Waals surface area contributed by atoms with Crippen LogP contribution in [0.2, 0.25) is 0 Å². The van der Waals surface area contributed by atoms with E-state index in [9.17, 15) is 4.79 Å². The van der Waals surface area contributed by atoms with Crippen molar-refractivity contribution < 1.29 is 19.0 Å². The SMILES string of the molecule is CCOC(CCOc1ccc(C(=O)CC)cc1)OCC. The van der Waals surface area contributed by atoms with E-state index in [4.69, 9.17) is 14.2 Å². The molecule has 4 nitrogen and oxygen atoms in total. The average Bonchev–Trinajstić information content (AvgIpc) is 2.47. The molecule has 0 radical (unpaired) electrons. The smallest absolute Gasteiger partial charge is 0.162 e. The number of carbonyl (C=O) groups excluding carboxylic acids is 1. The van der Waals surface area contributed by atoms with Crippen molar-refractivity contribution in [2.45, 2.75) is 39.9 Å². The molecule has 20 heavy (non-hydrogen) atoms. The van der Waals surface area contributed by atoms with Gasteiger partial charge in [-0.1, -0.05) is 6.92 Å². The van der Waals surface area contributed by atoms with Crippen LogP contribution in [0.15, 0.2) is 24.3 Å². The summed E-state index contributed by atoms with van der Waals surface area (Å²) in [5.41, 5.74) is 0.723. The zero-order valence-electron chi connectivity index (χ0n) is 12.6. The van der Waals surface area contributed by atoms with Gasteiger partial charge < -0.3 is 14.2 Å². The van der Waals surface area contributed by atoms with Crippen LogP contribution in [0.25, 0.3) is 0 Å². The van der Waals surface area contributed by atoms with E-state index in [-0.39, 0.29) is 12.1 Å². The van der Waals surface area contributed by atoms with E-state index in [2.05, 4.69) is 0 Å². The van der Waals surface area contributed by atoms with Gasteiger partial charge in [0.1, 0.15) is 5.75 Å². The first-order valence-electron chi connectivity index (χ1n) is 7.20. The molecule has 0 unspecified atom stereocenters. The van der Waals surface area contributed by atoms with Crippen molar-refractivity contribution in [2.75, 3.05) is 19.8 Å². The lowest BCUT2D eigenvalue weighted by Crippen LogP contribution is -2.20. The highest BCUT2D eigenvalue weighted by molar-refractivity contribution is 5.95. The van der Waals surface area contributed by atoms with Crippen LogP contribution in [0.5, 0.6) is 5.75 Å². The van der Waals surface area contributed by atoms with E-state index in [1.54, 1.807) is 12.1 Å². The van der Waals surface area contributed by atoms with Crippen LogP contribution < -0.4 is 4.74 Å². The molecule has 1 aromatic carbocycles. The Morgan fingerprint density at radius 1 is 1.05 bits per heavy atom. The first kappa shape index (κ1) is 16.7. The number of hydrogen-bond donors (Lipinski definition) is 0. The van der Waals surface area contributed by atoms with Crippen LogP contribution in [0.3, 0.4) is 0 Å². The zero-order valence-corrected chi connectivity index (χ0v) is 12.6. The van der Waals surface area contributed by atoms with Crippen LogP contribution in [0, 0.1) is 0 Å². The first-order chi connectivity index (χ1) is 9.71. The predicted octanol–water partition coefficient (Wildman–Crippen LogP) is 3.45. The van der Waals surface area contributed by atoms with Gasteiger partial charge in [-0.2, -0.15) is 0 Å². The molecule has 0 bridgehead atoms. The molecule has 0 fully saturated rings. The Morgan fingerprint density at radius 2 is 1.65 bits per heavy atom. The topological polar surface area (TPSA) is 44.8 Å². The Labute approximate surface area is 121 Å². The van der Waals surface area contributed by atoms with E-state index < -0.39 is 0 Å². The molecular formula is C16H24O4. The van der Waals surface area contributed by atoms with E-state index in [0.717, 1.165) is 11.3 Å². The summed E-state index contributed by atoms with van der Waals surface area (Å²) >= 11 is 0. The van der Waals surface area contributed by atoms with Crippen LogP contribution in [0.1, 0.15) is 44.0 Å². The third-order valence-corrected chi connectivity index (χ3v) is 2.82. The second-order valence-electron chi connectivity index (χ2n) is 4.28. The number of rotatable bonds is 10. The lowest BCUT2D eigenvalue weighted by molar-refractivity contribution is -0.142. The highest BCUT2D eigenvalue weighted by atomic mass is 16.7. The van der Waals surface area contributed by atoms with E-state index in [0.29, 0.717) is 32.7 Å². The highest BCUT2D eigenvalue weighted by Gasteiger charge is 2.08. The van der Waals surface area contributed by atoms with Crippen molar-refractivity contribution in [3.63, 3.8) is 0 Å². The molecule has 0 saturated carbocycles. The summed E-state index contributed by atoms with van der Waals surface area (Å²) in [6.45, 7) is 7.50. The van der Waals surface area contributed by atoms with E-state index in [1.165, 1.54) is 0 Å². The van der Waals surface area contributed by atoms with Gasteiger partial charge in [0.2, 0.25) is 0 Å². The van der Waals surface area contributed by atoms with Crippen molar-refractivity contribution in [3.05, 3.63) is 29.8 Å². The molecule has 1 rings (SSSR count). The Kier molecular flexibility index (Phi) is 7.92. The number of Topliss-reactive ketones (excluding diaryl/α,β-unsaturated/α-hetero) is 1. The zero-order chi connectivity index (χ0) is 14.8. The fourth-order valence-corrected chi connectivity index (χ4v) is 1.80. The predicted molar refractivity (Wildman–Crippen MR) is 78.2 cm³/mol. The van der Waals surface area contributed by atoms with E-state index in [1.807, 2.05) is 32.9 Å². The molecule has 0 spiro atoms. The Bertz CT molecular complexity index is 380. The van der Waals surface area contributed by atoms with Crippen molar-refractivity contribution in [2.24, 2.45) is 0 Å². The number of ketones is 1. The molecule has 0 aromatic heterocycles. The highest BCUT2D eigenvalue weighted by Crippen LogP contribution is 2.14. The molecule has 0 aliphatic carbocycles. The molecule has 0 aliphatic heterocycles. The Hall–Kier alpha value is -1.39. The maximum atomic E-state index is 11.5. The summed E-state index contributed by atoms with van der Waals surface area (Å²) in [4.78, 5) is 11.5. The first-order valence-corrected chi connectivity index (χ1v) is 7.20. The molecule has 1 aromatic rings. The number of ether oxygens (including phenoxy) is 3. The molecule has 0 saturated heterocycles. The molecule has 4 heteroatoms. The quantitative estimate of drug-likeness (QED) is 0.486. The normalized spacial score (nSPS) is 10.8. The van der Waals surface area contributed by atoms with E-state index >= 15 is 0 Å². The molecule has 0 heterocycles. The molecule has 0 aliphatic rings. The average molecular weight is 280 g/mol. The van der Waals surface area contributed by atoms with Gasteiger partial charge in [-0.25, -0.2) is 0 Å². The van der Waals surface area contributed by atoms with Crippen molar-refractivity contribution in [1.29, 1.82) is 0 Å². The standard InChI is InChI=1S/C16H24O4/c1-4-15(17)13-7-9-14(10-8-13)20-12-11-16(18-5-2)19-6-3/h7-10,16H,4-6,11-12H2,1-3H3. The number of benzene rings is 1. The molecule has 112 valence electrons. The van der Waals surface area contributed by atoms with Crippen LogP contribution in [-0.4, -0.2) is 31.9 Å². The van der Waals surface area contributed by atoms with Gasteiger partial charge in [0.05, 0.1) is 6.61 Å². The summed E-state index contributed by atoms with van der Waals surface area (Å²) in [5, 5.41) is 0. The summed E-state index contributed by atoms with van der Waals surface area (Å²) < 4.78 is 16.5. The fraction of sp³-hybridized carbons (Fsp3) is 0.562. The Balaban J connectivity index is 2.39. The van der Waals surface area contributed by atoms with Gasteiger partial charge in [-0.05, 0) is 38.1 Å². The molecule has 0 N–H and O–H groups in total. The maximum absolute atomic E-state index is 11.5. The number of carbonyl (C=O) groups is 1. The Morgan fingerprint density at radius 3 is 2.15 bits per heavy atom. The summed E-state index contributed by atoms with van der Waals surface area (Å²) in [6.07, 6.45) is 0.980. The maximum Gasteiger partial charge on any atom is 0.162 e. The van der Waals surface area contributed by atoms with Gasteiger partial charge in [0.15, 0.2) is 12.1 Å². The monoisotopic (exact) mass is 280 g/mol.